The van der Waals surface area contributed by atoms with E-state index in [1.54, 1.807) is 38.1 Å². The molecule has 0 spiro atoms. The van der Waals surface area contributed by atoms with Crippen molar-refractivity contribution in [3.8, 4) is 0 Å². The third-order valence-electron chi connectivity index (χ3n) is 8.61. The highest BCUT2D eigenvalue weighted by Gasteiger charge is 2.60. The van der Waals surface area contributed by atoms with Crippen LogP contribution in [0.5, 0.6) is 0 Å². The number of nitro groups is 2. The standard InChI is InChI=1S/C31H35N5O10S/c1-17-26-25(18(2)37)29(39)34(26)30(45-15-19-5-9-21(10-6-19)35(41)42)27(17)47-23-13-24(28(38)32(3)4)33(14-23)31(40)46-16-20-7-11-22(12-8-20)36(43)44/h5-12,17-18,23-26,37H,13-16H2,1-4H3/t17-,18+,23+,24+,25-,26-/m1/s1. The van der Waals surface area contributed by atoms with Crippen molar-refractivity contribution in [3.05, 3.63) is 90.7 Å². The lowest BCUT2D eigenvalue weighted by Crippen LogP contribution is -2.63. The molecule has 47 heavy (non-hydrogen) atoms. The van der Waals surface area contributed by atoms with Crippen molar-refractivity contribution in [2.45, 2.75) is 56.9 Å². The third-order valence-corrected chi connectivity index (χ3v) is 10.1. The zero-order chi connectivity index (χ0) is 34.2. The summed E-state index contributed by atoms with van der Waals surface area (Å²) in [6.45, 7) is 3.57. The highest BCUT2D eigenvalue weighted by atomic mass is 32.2. The number of likely N-dealkylation sites (N-methyl/N-ethyl adjacent to an activating group) is 1. The number of rotatable bonds is 11. The van der Waals surface area contributed by atoms with Crippen LogP contribution in [0.15, 0.2) is 59.3 Å². The van der Waals surface area contributed by atoms with Crippen molar-refractivity contribution in [2.24, 2.45) is 11.8 Å². The molecule has 0 aromatic heterocycles. The number of nitro benzene ring substituents is 2. The van der Waals surface area contributed by atoms with Crippen LogP contribution in [0.4, 0.5) is 16.2 Å². The molecule has 16 heteroatoms. The Hall–Kier alpha value is -4.70. The molecule has 0 unspecified atom stereocenters. The first-order valence-corrected chi connectivity index (χ1v) is 15.8. The normalized spacial score (nSPS) is 24.0. The van der Waals surface area contributed by atoms with Gasteiger partial charge in [-0.2, -0.15) is 0 Å². The van der Waals surface area contributed by atoms with Crippen molar-refractivity contribution in [1.29, 1.82) is 0 Å². The summed E-state index contributed by atoms with van der Waals surface area (Å²) >= 11 is 1.41. The molecular formula is C31H35N5O10S. The Bertz CT molecular complexity index is 1600. The monoisotopic (exact) mass is 669 g/mol. The second kappa shape index (κ2) is 13.6. The van der Waals surface area contributed by atoms with E-state index in [9.17, 15) is 39.7 Å². The summed E-state index contributed by atoms with van der Waals surface area (Å²) in [7, 11) is 3.20. The van der Waals surface area contributed by atoms with Gasteiger partial charge < -0.3 is 19.5 Å². The molecule has 250 valence electrons. The largest absolute Gasteiger partial charge is 0.473 e. The quantitative estimate of drug-likeness (QED) is 0.209. The van der Waals surface area contributed by atoms with Crippen molar-refractivity contribution >= 4 is 41.0 Å². The zero-order valence-electron chi connectivity index (χ0n) is 26.2. The van der Waals surface area contributed by atoms with Gasteiger partial charge in [-0.15, -0.1) is 11.8 Å². The molecule has 3 heterocycles. The zero-order valence-corrected chi connectivity index (χ0v) is 27.0. The number of benzene rings is 2. The fourth-order valence-electron chi connectivity index (χ4n) is 6.16. The molecule has 5 rings (SSSR count). The summed E-state index contributed by atoms with van der Waals surface area (Å²) in [6.07, 6.45) is -1.28. The summed E-state index contributed by atoms with van der Waals surface area (Å²) < 4.78 is 11.7. The SMILES string of the molecule is C[C@H](O)[C@H]1C(=O)N2C(OCc3ccc([N+](=O)[O-])cc3)=C(S[C@H]3C[C@@H](C(=O)N(C)C)N(C(=O)OCc4ccc([N+](=O)[O-])cc4)C3)[C@H](C)[C@H]12. The minimum Gasteiger partial charge on any atom is -0.473 e. The summed E-state index contributed by atoms with van der Waals surface area (Å²) in [5.41, 5.74) is 1.05. The lowest BCUT2D eigenvalue weighted by atomic mass is 9.79. The Morgan fingerprint density at radius 1 is 1.02 bits per heavy atom. The number of aliphatic hydroxyl groups excluding tert-OH is 1. The van der Waals surface area contributed by atoms with Crippen LogP contribution in [-0.4, -0.2) is 91.6 Å². The molecular weight excluding hydrogens is 634 g/mol. The van der Waals surface area contributed by atoms with E-state index in [1.807, 2.05) is 6.92 Å². The molecule has 3 aliphatic heterocycles. The average Bonchev–Trinajstić information content (AvgIpc) is 3.55. The van der Waals surface area contributed by atoms with E-state index < -0.39 is 34.0 Å². The number of fused-ring (bicyclic) bond motifs is 1. The van der Waals surface area contributed by atoms with E-state index in [0.29, 0.717) is 23.4 Å². The van der Waals surface area contributed by atoms with Gasteiger partial charge in [-0.25, -0.2) is 4.79 Å². The number of carbonyl (C=O) groups is 3. The van der Waals surface area contributed by atoms with Crippen LogP contribution in [-0.2, 0) is 32.3 Å². The van der Waals surface area contributed by atoms with E-state index in [-0.39, 0.29) is 60.2 Å². The molecule has 0 saturated carbocycles. The van der Waals surface area contributed by atoms with E-state index >= 15 is 0 Å². The Morgan fingerprint density at radius 2 is 1.57 bits per heavy atom. The Balaban J connectivity index is 1.34. The number of hydrogen-bond acceptors (Lipinski definition) is 11. The lowest BCUT2D eigenvalue weighted by molar-refractivity contribution is -0.385. The molecule has 6 atom stereocenters. The van der Waals surface area contributed by atoms with Crippen molar-refractivity contribution in [3.63, 3.8) is 0 Å². The molecule has 3 aliphatic rings. The van der Waals surface area contributed by atoms with Crippen LogP contribution in [0.25, 0.3) is 0 Å². The minimum atomic E-state index is -0.874. The summed E-state index contributed by atoms with van der Waals surface area (Å²) in [4.78, 5) is 65.7. The summed E-state index contributed by atoms with van der Waals surface area (Å²) in [5, 5.41) is 32.1. The minimum absolute atomic E-state index is 0.0352. The fourth-order valence-corrected chi connectivity index (χ4v) is 7.65. The molecule has 3 amide bonds. The van der Waals surface area contributed by atoms with Crippen molar-refractivity contribution < 1.29 is 38.8 Å². The van der Waals surface area contributed by atoms with E-state index in [4.69, 9.17) is 9.47 Å². The maximum Gasteiger partial charge on any atom is 0.410 e. The smallest absolute Gasteiger partial charge is 0.410 e. The highest BCUT2D eigenvalue weighted by Crippen LogP contribution is 2.52. The van der Waals surface area contributed by atoms with Crippen LogP contribution >= 0.6 is 11.8 Å². The van der Waals surface area contributed by atoms with Gasteiger partial charge in [0.05, 0.1) is 32.8 Å². The maximum atomic E-state index is 13.3. The first-order valence-electron chi connectivity index (χ1n) is 14.9. The fraction of sp³-hybridized carbons (Fsp3) is 0.452. The molecule has 0 radical (unpaired) electrons. The predicted octanol–water partition coefficient (Wildman–Crippen LogP) is 3.65. The molecule has 1 N–H and O–H groups in total. The average molecular weight is 670 g/mol. The van der Waals surface area contributed by atoms with Gasteiger partial charge in [0, 0.05) is 56.1 Å². The molecule has 0 aliphatic carbocycles. The predicted molar refractivity (Wildman–Crippen MR) is 168 cm³/mol. The Kier molecular flexibility index (Phi) is 9.72. The topological polar surface area (TPSA) is 186 Å². The number of hydrogen-bond donors (Lipinski definition) is 1. The molecule has 0 bridgehead atoms. The molecule has 2 aromatic carbocycles. The van der Waals surface area contributed by atoms with E-state index in [2.05, 4.69) is 0 Å². The van der Waals surface area contributed by atoms with Crippen LogP contribution in [0.3, 0.4) is 0 Å². The van der Waals surface area contributed by atoms with Crippen LogP contribution in [0.2, 0.25) is 0 Å². The first kappa shape index (κ1) is 33.7. The van der Waals surface area contributed by atoms with Crippen LogP contribution in [0.1, 0.15) is 31.4 Å². The molecule has 2 fully saturated rings. The number of carbonyl (C=O) groups excluding carboxylic acids is 3. The highest BCUT2D eigenvalue weighted by molar-refractivity contribution is 8.03. The number of non-ortho nitro benzene ring substituents is 2. The number of β-lactam (4-membered cyclic amide) rings is 1. The van der Waals surface area contributed by atoms with Gasteiger partial charge in [-0.1, -0.05) is 6.92 Å². The third kappa shape index (κ3) is 6.74. The molecule has 2 saturated heterocycles. The van der Waals surface area contributed by atoms with Gasteiger partial charge in [0.15, 0.2) is 0 Å². The van der Waals surface area contributed by atoms with Gasteiger partial charge >= 0.3 is 6.09 Å². The molecule has 2 aromatic rings. The van der Waals surface area contributed by atoms with Gasteiger partial charge in [0.2, 0.25) is 17.7 Å². The number of amides is 3. The number of ether oxygens (including phenoxy) is 2. The second-order valence-corrected chi connectivity index (χ2v) is 13.3. The van der Waals surface area contributed by atoms with Gasteiger partial charge in [0.25, 0.3) is 11.4 Å². The number of aliphatic hydroxyl groups is 1. The lowest BCUT2D eigenvalue weighted by Gasteiger charge is -2.46. The second-order valence-electron chi connectivity index (χ2n) is 12.0. The van der Waals surface area contributed by atoms with Gasteiger partial charge in [0.1, 0.15) is 19.3 Å². The number of nitrogens with zero attached hydrogens (tertiary/aromatic N) is 5. The number of thioether (sulfide) groups is 1. The number of likely N-dealkylation sites (tertiary alicyclic amines) is 1. The maximum absolute atomic E-state index is 13.3. The Morgan fingerprint density at radius 3 is 2.09 bits per heavy atom. The van der Waals surface area contributed by atoms with Gasteiger partial charge in [-0.3, -0.25) is 39.6 Å². The van der Waals surface area contributed by atoms with Crippen LogP contribution in [0, 0.1) is 32.1 Å². The van der Waals surface area contributed by atoms with E-state index in [0.717, 1.165) is 4.91 Å². The first-order chi connectivity index (χ1) is 22.3. The molecule has 15 nitrogen and oxygen atoms in total. The summed E-state index contributed by atoms with van der Waals surface area (Å²) in [5.74, 6) is -1.04. The van der Waals surface area contributed by atoms with Crippen molar-refractivity contribution in [1.82, 2.24) is 14.7 Å². The van der Waals surface area contributed by atoms with E-state index in [1.165, 1.54) is 58.0 Å². The summed E-state index contributed by atoms with van der Waals surface area (Å²) in [6, 6.07) is 10.4. The Labute approximate surface area is 274 Å². The van der Waals surface area contributed by atoms with Crippen LogP contribution < -0.4 is 0 Å². The van der Waals surface area contributed by atoms with Crippen molar-refractivity contribution in [2.75, 3.05) is 20.6 Å². The van der Waals surface area contributed by atoms with Gasteiger partial charge in [-0.05, 0) is 48.7 Å².